The highest BCUT2D eigenvalue weighted by molar-refractivity contribution is 5.58. The highest BCUT2D eigenvalue weighted by atomic mass is 16.1. The summed E-state index contributed by atoms with van der Waals surface area (Å²) in [6, 6.07) is 0.0212. The van der Waals surface area contributed by atoms with E-state index in [1.165, 1.54) is 0 Å². The summed E-state index contributed by atoms with van der Waals surface area (Å²) in [6.07, 6.45) is 6.71. The summed E-state index contributed by atoms with van der Waals surface area (Å²) in [5, 5.41) is 6.43. The molecule has 0 aliphatic carbocycles. The van der Waals surface area contributed by atoms with Crippen molar-refractivity contribution in [2.45, 2.75) is 50.6 Å². The van der Waals surface area contributed by atoms with Crippen LogP contribution in [0.1, 0.15) is 38.5 Å². The molecule has 0 aliphatic heterocycles. The van der Waals surface area contributed by atoms with Crippen LogP contribution in [0.15, 0.2) is 12.3 Å². The maximum Gasteiger partial charge on any atom is 0.142 e. The second-order valence-electron chi connectivity index (χ2n) is 4.82. The number of hydrogen-bond acceptors (Lipinski definition) is 5. The van der Waals surface area contributed by atoms with Crippen molar-refractivity contribution in [3.05, 3.63) is 12.3 Å². The lowest BCUT2D eigenvalue weighted by Crippen LogP contribution is -2.39. The molecule has 6 N–H and O–H groups in total. The summed E-state index contributed by atoms with van der Waals surface area (Å²) in [5.74, 6) is 0. The molecule has 0 aromatic carbocycles. The van der Waals surface area contributed by atoms with Gasteiger partial charge in [-0.3, -0.25) is 0 Å². The van der Waals surface area contributed by atoms with Crippen molar-refractivity contribution in [2.75, 3.05) is 20.1 Å². The molecule has 5 heteroatoms. The third-order valence-corrected chi connectivity index (χ3v) is 3.22. The molecule has 0 rings (SSSR count). The summed E-state index contributed by atoms with van der Waals surface area (Å²) >= 11 is 0. The van der Waals surface area contributed by atoms with E-state index in [9.17, 15) is 4.79 Å². The molecule has 19 heavy (non-hydrogen) atoms. The molecule has 0 spiro atoms. The van der Waals surface area contributed by atoms with Gasteiger partial charge < -0.3 is 26.9 Å². The van der Waals surface area contributed by atoms with Crippen molar-refractivity contribution < 1.29 is 4.79 Å². The van der Waals surface area contributed by atoms with Crippen LogP contribution in [0.3, 0.4) is 0 Å². The summed E-state index contributed by atoms with van der Waals surface area (Å²) in [7, 11) is 1.91. The number of unbranched alkanes of at least 4 members (excludes halogenated alkanes) is 2. The lowest BCUT2D eigenvalue weighted by molar-refractivity contribution is -0.109. The number of carbonyl (C=O) groups excluding carboxylic acids is 1. The van der Waals surface area contributed by atoms with E-state index in [4.69, 9.17) is 11.5 Å². The molecule has 0 fully saturated rings. The average molecular weight is 270 g/mol. The molecule has 2 unspecified atom stereocenters. The minimum atomic E-state index is -0.163. The fourth-order valence-corrected chi connectivity index (χ4v) is 2.01. The van der Waals surface area contributed by atoms with E-state index in [2.05, 4.69) is 17.2 Å². The van der Waals surface area contributed by atoms with Gasteiger partial charge in [0.25, 0.3) is 0 Å². The van der Waals surface area contributed by atoms with E-state index in [0.29, 0.717) is 13.1 Å². The number of carbonyl (C=O) groups is 1. The van der Waals surface area contributed by atoms with Crippen LogP contribution in [-0.2, 0) is 4.79 Å². The number of hydrogen-bond donors (Lipinski definition) is 4. The largest absolute Gasteiger partial charge is 0.378 e. The van der Waals surface area contributed by atoms with Crippen molar-refractivity contribution in [1.29, 1.82) is 0 Å². The normalized spacial score (nSPS) is 13.8. The number of likely N-dealkylation sites (N-methyl/N-ethyl adjacent to an activating group) is 1. The Hall–Kier alpha value is -0.910. The van der Waals surface area contributed by atoms with Crippen molar-refractivity contribution in [2.24, 2.45) is 11.5 Å². The molecule has 0 aromatic rings. The molecular formula is C14H30N4O. The zero-order valence-electron chi connectivity index (χ0n) is 12.2. The summed E-state index contributed by atoms with van der Waals surface area (Å²) < 4.78 is 0. The zero-order chi connectivity index (χ0) is 14.5. The first kappa shape index (κ1) is 18.1. The Morgan fingerprint density at radius 2 is 1.74 bits per heavy atom. The van der Waals surface area contributed by atoms with Gasteiger partial charge in [0.2, 0.25) is 0 Å². The van der Waals surface area contributed by atoms with E-state index in [1.807, 2.05) is 7.05 Å². The number of nitrogens with two attached hydrogens (primary N) is 2. The predicted molar refractivity (Wildman–Crippen MR) is 80.8 cm³/mol. The van der Waals surface area contributed by atoms with Crippen molar-refractivity contribution in [1.82, 2.24) is 10.6 Å². The quantitative estimate of drug-likeness (QED) is 0.289. The number of rotatable bonds is 13. The Bertz CT molecular complexity index is 246. The Labute approximate surface area is 117 Å². The third kappa shape index (κ3) is 8.75. The van der Waals surface area contributed by atoms with Crippen LogP contribution in [0.4, 0.5) is 0 Å². The molecule has 112 valence electrons. The number of aldehydes is 1. The van der Waals surface area contributed by atoms with Crippen LogP contribution in [0.2, 0.25) is 0 Å². The Kier molecular flexibility index (Phi) is 11.6. The minimum absolute atomic E-state index is 0.163. The van der Waals surface area contributed by atoms with Crippen LogP contribution in [0.5, 0.6) is 0 Å². The monoisotopic (exact) mass is 270 g/mol. The van der Waals surface area contributed by atoms with Gasteiger partial charge in [0, 0.05) is 11.7 Å². The lowest BCUT2D eigenvalue weighted by atomic mass is 10.1. The van der Waals surface area contributed by atoms with Gasteiger partial charge in [-0.15, -0.1) is 0 Å². The standard InChI is InChI=1S/C14H30N4O/c1-12(14(17-2)8-4-6-10-16)18-13(11-19)7-3-5-9-15/h11,13-14,17-18H,1,3-10,15-16H2,2H3. The van der Waals surface area contributed by atoms with Gasteiger partial charge in [0.05, 0.1) is 6.04 Å². The highest BCUT2D eigenvalue weighted by Crippen LogP contribution is 2.08. The first-order chi connectivity index (χ1) is 9.19. The van der Waals surface area contributed by atoms with Crippen LogP contribution in [-0.4, -0.2) is 38.5 Å². The van der Waals surface area contributed by atoms with E-state index < -0.39 is 0 Å². The Balaban J connectivity index is 4.08. The van der Waals surface area contributed by atoms with Gasteiger partial charge in [-0.1, -0.05) is 13.0 Å². The fraction of sp³-hybridized carbons (Fsp3) is 0.786. The fourth-order valence-electron chi connectivity index (χ4n) is 2.01. The topological polar surface area (TPSA) is 93.2 Å². The van der Waals surface area contributed by atoms with Crippen LogP contribution in [0.25, 0.3) is 0 Å². The van der Waals surface area contributed by atoms with E-state index in [1.54, 1.807) is 0 Å². The van der Waals surface area contributed by atoms with Crippen LogP contribution >= 0.6 is 0 Å². The van der Waals surface area contributed by atoms with E-state index >= 15 is 0 Å². The molecule has 2 atom stereocenters. The number of nitrogens with one attached hydrogen (secondary N) is 2. The second-order valence-corrected chi connectivity index (χ2v) is 4.82. The molecular weight excluding hydrogens is 240 g/mol. The molecule has 0 heterocycles. The Morgan fingerprint density at radius 1 is 1.16 bits per heavy atom. The lowest BCUT2D eigenvalue weighted by Gasteiger charge is -2.23. The van der Waals surface area contributed by atoms with Gasteiger partial charge in [-0.05, 0) is 52.2 Å². The highest BCUT2D eigenvalue weighted by Gasteiger charge is 2.14. The van der Waals surface area contributed by atoms with Gasteiger partial charge in [-0.2, -0.15) is 0 Å². The van der Waals surface area contributed by atoms with E-state index in [0.717, 1.165) is 50.5 Å². The molecule has 0 saturated carbocycles. The van der Waals surface area contributed by atoms with Crippen LogP contribution in [0, 0.1) is 0 Å². The van der Waals surface area contributed by atoms with Crippen molar-refractivity contribution in [3.8, 4) is 0 Å². The molecule has 0 aliphatic rings. The molecule has 5 nitrogen and oxygen atoms in total. The maximum absolute atomic E-state index is 11.0. The van der Waals surface area contributed by atoms with Gasteiger partial charge in [-0.25, -0.2) is 0 Å². The van der Waals surface area contributed by atoms with Crippen molar-refractivity contribution in [3.63, 3.8) is 0 Å². The third-order valence-electron chi connectivity index (χ3n) is 3.22. The summed E-state index contributed by atoms with van der Waals surface area (Å²) in [4.78, 5) is 11.0. The molecule has 0 saturated heterocycles. The molecule has 0 bridgehead atoms. The predicted octanol–water partition coefficient (Wildman–Crippen LogP) is 0.503. The van der Waals surface area contributed by atoms with Crippen LogP contribution < -0.4 is 22.1 Å². The second kappa shape index (κ2) is 12.1. The Morgan fingerprint density at radius 3 is 2.21 bits per heavy atom. The van der Waals surface area contributed by atoms with E-state index in [-0.39, 0.29) is 12.1 Å². The zero-order valence-corrected chi connectivity index (χ0v) is 12.2. The first-order valence-corrected chi connectivity index (χ1v) is 7.17. The van der Waals surface area contributed by atoms with Gasteiger partial charge >= 0.3 is 0 Å². The molecule has 0 radical (unpaired) electrons. The smallest absolute Gasteiger partial charge is 0.142 e. The molecule has 0 aromatic heterocycles. The molecule has 0 amide bonds. The maximum atomic E-state index is 11.0. The van der Waals surface area contributed by atoms with Gasteiger partial charge in [0.1, 0.15) is 6.29 Å². The summed E-state index contributed by atoms with van der Waals surface area (Å²) in [5.41, 5.74) is 11.8. The van der Waals surface area contributed by atoms with Crippen molar-refractivity contribution >= 4 is 6.29 Å². The minimum Gasteiger partial charge on any atom is -0.378 e. The summed E-state index contributed by atoms with van der Waals surface area (Å²) in [6.45, 7) is 5.42. The average Bonchev–Trinajstić information content (AvgIpc) is 2.42. The SMILES string of the molecule is C=C(NC(C=O)CCCCN)C(CCCCN)NC. The first-order valence-electron chi connectivity index (χ1n) is 7.17. The van der Waals surface area contributed by atoms with Gasteiger partial charge in [0.15, 0.2) is 0 Å².